The lowest BCUT2D eigenvalue weighted by Crippen LogP contribution is -2.21. The van der Waals surface area contributed by atoms with E-state index in [1.54, 1.807) is 0 Å². The third-order valence-electron chi connectivity index (χ3n) is 3.56. The van der Waals surface area contributed by atoms with Crippen molar-refractivity contribution in [2.24, 2.45) is 0 Å². The maximum atomic E-state index is 2.30. The summed E-state index contributed by atoms with van der Waals surface area (Å²) in [4.78, 5) is 6.68. The molecule has 0 aromatic heterocycles. The Hall–Kier alpha value is -1.90. The van der Waals surface area contributed by atoms with Gasteiger partial charge in [0.1, 0.15) is 0 Å². The van der Waals surface area contributed by atoms with Crippen molar-refractivity contribution in [3.63, 3.8) is 0 Å². The van der Waals surface area contributed by atoms with Gasteiger partial charge in [-0.25, -0.2) is 0 Å². The molecule has 0 saturated heterocycles. The van der Waals surface area contributed by atoms with Gasteiger partial charge in [-0.1, -0.05) is 18.2 Å². The van der Waals surface area contributed by atoms with E-state index in [0.29, 0.717) is 5.92 Å². The number of anilines is 1. The van der Waals surface area contributed by atoms with Crippen molar-refractivity contribution in [1.82, 2.24) is 9.80 Å². The van der Waals surface area contributed by atoms with Gasteiger partial charge in [0.25, 0.3) is 0 Å². The molecule has 1 aromatic carbocycles. The highest BCUT2D eigenvalue weighted by Crippen LogP contribution is 2.27. The molecule has 3 rings (SSSR count). The van der Waals surface area contributed by atoms with Crippen LogP contribution in [0.5, 0.6) is 0 Å². The highest BCUT2D eigenvalue weighted by atomic mass is 15.3. The van der Waals surface area contributed by atoms with E-state index in [1.165, 1.54) is 11.3 Å². The fourth-order valence-electron chi connectivity index (χ4n) is 2.53. The highest BCUT2D eigenvalue weighted by molar-refractivity contribution is 5.53. The first-order valence-corrected chi connectivity index (χ1v) is 6.36. The average molecular weight is 241 g/mol. The van der Waals surface area contributed by atoms with Crippen LogP contribution in [0.1, 0.15) is 11.5 Å². The summed E-state index contributed by atoms with van der Waals surface area (Å²) in [6.07, 6.45) is 8.69. The van der Waals surface area contributed by atoms with E-state index in [0.717, 1.165) is 13.2 Å². The molecule has 0 spiro atoms. The Morgan fingerprint density at radius 1 is 1.06 bits per heavy atom. The van der Waals surface area contributed by atoms with E-state index >= 15 is 0 Å². The van der Waals surface area contributed by atoms with Gasteiger partial charge >= 0.3 is 0 Å². The molecule has 2 aliphatic heterocycles. The lowest BCUT2D eigenvalue weighted by atomic mass is 10.00. The molecular formula is C15H19N3. The Morgan fingerprint density at radius 2 is 1.94 bits per heavy atom. The Morgan fingerprint density at radius 3 is 2.61 bits per heavy atom. The standard InChI is InChI=1S/C15H19N3/c1-16-7-6-14(11-16)13-4-3-5-15(10-13)18-9-8-17(2)12-18/h3-10,14H,11-12H2,1-2H3. The van der Waals surface area contributed by atoms with Crippen molar-refractivity contribution in [3.8, 4) is 0 Å². The predicted molar refractivity (Wildman–Crippen MR) is 75.2 cm³/mol. The van der Waals surface area contributed by atoms with E-state index < -0.39 is 0 Å². The van der Waals surface area contributed by atoms with Crippen molar-refractivity contribution in [2.45, 2.75) is 5.92 Å². The van der Waals surface area contributed by atoms with Crippen molar-refractivity contribution < 1.29 is 0 Å². The maximum absolute atomic E-state index is 2.30. The summed E-state index contributed by atoms with van der Waals surface area (Å²) in [5.41, 5.74) is 2.67. The first kappa shape index (κ1) is 11.2. The first-order chi connectivity index (χ1) is 8.72. The number of hydrogen-bond acceptors (Lipinski definition) is 3. The molecule has 3 heteroatoms. The Kier molecular flexibility index (Phi) is 2.74. The van der Waals surface area contributed by atoms with Gasteiger partial charge in [-0.05, 0) is 23.9 Å². The molecule has 18 heavy (non-hydrogen) atoms. The molecule has 0 radical (unpaired) electrons. The second-order valence-electron chi connectivity index (χ2n) is 5.15. The lowest BCUT2D eigenvalue weighted by Gasteiger charge is -2.20. The van der Waals surface area contributed by atoms with Gasteiger partial charge in [0.05, 0.1) is 6.67 Å². The number of likely N-dealkylation sites (N-methyl/N-ethyl adjacent to an activating group) is 1. The molecule has 0 fully saturated rings. The molecule has 2 aliphatic rings. The third-order valence-corrected chi connectivity index (χ3v) is 3.56. The van der Waals surface area contributed by atoms with Gasteiger partial charge in [-0.2, -0.15) is 0 Å². The van der Waals surface area contributed by atoms with Crippen LogP contribution in [0, 0.1) is 0 Å². The summed E-state index contributed by atoms with van der Waals surface area (Å²) >= 11 is 0. The molecule has 3 nitrogen and oxygen atoms in total. The van der Waals surface area contributed by atoms with E-state index in [9.17, 15) is 0 Å². The van der Waals surface area contributed by atoms with Crippen LogP contribution in [0.4, 0.5) is 5.69 Å². The zero-order valence-corrected chi connectivity index (χ0v) is 11.0. The van der Waals surface area contributed by atoms with E-state index in [2.05, 4.69) is 77.7 Å². The zero-order chi connectivity index (χ0) is 12.5. The second kappa shape index (κ2) is 4.41. The fraction of sp³-hybridized carbons (Fsp3) is 0.333. The molecule has 94 valence electrons. The summed E-state index contributed by atoms with van der Waals surface area (Å²) < 4.78 is 0. The van der Waals surface area contributed by atoms with Crippen molar-refractivity contribution >= 4 is 5.69 Å². The molecule has 0 saturated carbocycles. The van der Waals surface area contributed by atoms with Crippen molar-refractivity contribution in [1.29, 1.82) is 0 Å². The lowest BCUT2D eigenvalue weighted by molar-refractivity contribution is 0.475. The maximum Gasteiger partial charge on any atom is 0.0938 e. The molecule has 1 aromatic rings. The van der Waals surface area contributed by atoms with Crippen LogP contribution in [0.3, 0.4) is 0 Å². The second-order valence-corrected chi connectivity index (χ2v) is 5.15. The quantitative estimate of drug-likeness (QED) is 0.787. The third kappa shape index (κ3) is 2.08. The minimum atomic E-state index is 0.527. The van der Waals surface area contributed by atoms with Crippen LogP contribution < -0.4 is 4.90 Å². The molecule has 0 N–H and O–H groups in total. The van der Waals surface area contributed by atoms with Crippen LogP contribution in [0.2, 0.25) is 0 Å². The summed E-state index contributed by atoms with van der Waals surface area (Å²) in [6.45, 7) is 2.02. The largest absolute Gasteiger partial charge is 0.380 e. The SMILES string of the molecule is CN1C=CC(c2cccc(N3C=CN(C)C3)c2)C1. The first-order valence-electron chi connectivity index (χ1n) is 6.36. The van der Waals surface area contributed by atoms with Crippen LogP contribution >= 0.6 is 0 Å². The topological polar surface area (TPSA) is 9.72 Å². The normalized spacial score (nSPS) is 22.3. The molecule has 0 amide bonds. The van der Waals surface area contributed by atoms with Gasteiger partial charge < -0.3 is 14.7 Å². The van der Waals surface area contributed by atoms with Crippen molar-refractivity contribution in [3.05, 3.63) is 54.5 Å². The number of nitrogens with zero attached hydrogens (tertiary/aromatic N) is 3. The van der Waals surface area contributed by atoms with Gasteiger partial charge in [0.15, 0.2) is 0 Å². The van der Waals surface area contributed by atoms with Gasteiger partial charge in [-0.15, -0.1) is 0 Å². The molecule has 0 bridgehead atoms. The van der Waals surface area contributed by atoms with Gasteiger partial charge in [-0.3, -0.25) is 0 Å². The summed E-state index contributed by atoms with van der Waals surface area (Å²) in [5, 5.41) is 0. The van der Waals surface area contributed by atoms with E-state index in [1.807, 2.05) is 0 Å². The van der Waals surface area contributed by atoms with Crippen LogP contribution in [0.15, 0.2) is 48.9 Å². The monoisotopic (exact) mass is 241 g/mol. The average Bonchev–Trinajstić information content (AvgIpc) is 2.98. The van der Waals surface area contributed by atoms with Crippen molar-refractivity contribution in [2.75, 3.05) is 32.2 Å². The molecular weight excluding hydrogens is 222 g/mol. The van der Waals surface area contributed by atoms with Crippen LogP contribution in [-0.4, -0.2) is 37.1 Å². The fourth-order valence-corrected chi connectivity index (χ4v) is 2.53. The zero-order valence-electron chi connectivity index (χ0n) is 11.0. The van der Waals surface area contributed by atoms with E-state index in [-0.39, 0.29) is 0 Å². The van der Waals surface area contributed by atoms with Gasteiger partial charge in [0, 0.05) is 44.6 Å². The number of benzene rings is 1. The Labute approximate surface area is 109 Å². The number of hydrogen-bond donors (Lipinski definition) is 0. The number of rotatable bonds is 2. The minimum Gasteiger partial charge on any atom is -0.380 e. The summed E-state index contributed by atoms with van der Waals surface area (Å²) in [5.74, 6) is 0.527. The smallest absolute Gasteiger partial charge is 0.0938 e. The van der Waals surface area contributed by atoms with E-state index in [4.69, 9.17) is 0 Å². The molecule has 0 aliphatic carbocycles. The predicted octanol–water partition coefficient (Wildman–Crippen LogP) is 2.41. The van der Waals surface area contributed by atoms with Crippen LogP contribution in [-0.2, 0) is 0 Å². The summed E-state index contributed by atoms with van der Waals surface area (Å²) in [6, 6.07) is 8.86. The van der Waals surface area contributed by atoms with Crippen LogP contribution in [0.25, 0.3) is 0 Å². The molecule has 1 unspecified atom stereocenters. The molecule has 2 heterocycles. The highest BCUT2D eigenvalue weighted by Gasteiger charge is 2.17. The Bertz CT molecular complexity index is 451. The Balaban J connectivity index is 1.81. The van der Waals surface area contributed by atoms with Gasteiger partial charge in [0.2, 0.25) is 0 Å². The molecule has 1 atom stereocenters. The summed E-state index contributed by atoms with van der Waals surface area (Å²) in [7, 11) is 4.22. The minimum absolute atomic E-state index is 0.527.